The van der Waals surface area contributed by atoms with Crippen molar-refractivity contribution in [2.24, 2.45) is 7.05 Å². The van der Waals surface area contributed by atoms with Crippen LogP contribution in [-0.2, 0) is 23.7 Å². The van der Waals surface area contributed by atoms with E-state index in [4.69, 9.17) is 4.74 Å². The van der Waals surface area contributed by atoms with Crippen LogP contribution in [0.25, 0.3) is 0 Å². The van der Waals surface area contributed by atoms with Gasteiger partial charge >= 0.3 is 0 Å². The maximum atomic E-state index is 12.0. The zero-order valence-corrected chi connectivity index (χ0v) is 13.3. The molecule has 2 rings (SSSR count). The van der Waals surface area contributed by atoms with E-state index >= 15 is 0 Å². The molecule has 0 atom stereocenters. The van der Waals surface area contributed by atoms with Gasteiger partial charge in [-0.25, -0.2) is 18.1 Å². The van der Waals surface area contributed by atoms with Crippen LogP contribution in [0.4, 0.5) is 0 Å². The molecular formula is C13H19N5O3S. The molecule has 22 heavy (non-hydrogen) atoms. The third-order valence-electron chi connectivity index (χ3n) is 2.97. The molecule has 0 aliphatic rings. The SMILES string of the molecule is CNCCNS(=O)(=O)c1ccc(OCc2ncnn2C)cc1. The van der Waals surface area contributed by atoms with E-state index in [-0.39, 0.29) is 11.5 Å². The normalized spacial score (nSPS) is 11.5. The summed E-state index contributed by atoms with van der Waals surface area (Å²) in [5.74, 6) is 1.25. The number of likely N-dealkylation sites (N-methyl/N-ethyl adjacent to an activating group) is 1. The van der Waals surface area contributed by atoms with Gasteiger partial charge in [0.15, 0.2) is 5.82 Å². The minimum atomic E-state index is -3.49. The zero-order chi connectivity index (χ0) is 16.0. The van der Waals surface area contributed by atoms with E-state index in [0.717, 1.165) is 0 Å². The number of nitrogens with zero attached hydrogens (tertiary/aromatic N) is 3. The highest BCUT2D eigenvalue weighted by atomic mass is 32.2. The van der Waals surface area contributed by atoms with Crippen molar-refractivity contribution in [1.29, 1.82) is 0 Å². The van der Waals surface area contributed by atoms with Gasteiger partial charge in [-0.1, -0.05) is 0 Å². The van der Waals surface area contributed by atoms with Crippen molar-refractivity contribution >= 4 is 10.0 Å². The van der Waals surface area contributed by atoms with E-state index in [1.165, 1.54) is 18.5 Å². The summed E-state index contributed by atoms with van der Waals surface area (Å²) in [5, 5.41) is 6.82. The second-order valence-electron chi connectivity index (χ2n) is 4.56. The number of sulfonamides is 1. The van der Waals surface area contributed by atoms with Crippen molar-refractivity contribution in [3.63, 3.8) is 0 Å². The molecule has 0 fully saturated rings. The van der Waals surface area contributed by atoms with Gasteiger partial charge in [-0.15, -0.1) is 0 Å². The number of aromatic nitrogens is 3. The Morgan fingerprint density at radius 1 is 1.23 bits per heavy atom. The molecule has 2 N–H and O–H groups in total. The van der Waals surface area contributed by atoms with E-state index in [9.17, 15) is 8.42 Å². The molecule has 0 amide bonds. The minimum Gasteiger partial charge on any atom is -0.486 e. The molecule has 0 unspecified atom stereocenters. The van der Waals surface area contributed by atoms with Crippen molar-refractivity contribution in [3.8, 4) is 5.75 Å². The lowest BCUT2D eigenvalue weighted by atomic mass is 10.3. The molecule has 8 nitrogen and oxygen atoms in total. The number of ether oxygens (including phenoxy) is 1. The highest BCUT2D eigenvalue weighted by Gasteiger charge is 2.13. The van der Waals surface area contributed by atoms with Crippen LogP contribution in [0, 0.1) is 0 Å². The first-order chi connectivity index (χ1) is 10.5. The predicted molar refractivity (Wildman–Crippen MR) is 80.9 cm³/mol. The number of nitrogens with one attached hydrogen (secondary N) is 2. The molecule has 0 aliphatic heterocycles. The lowest BCUT2D eigenvalue weighted by Crippen LogP contribution is -2.30. The highest BCUT2D eigenvalue weighted by molar-refractivity contribution is 7.89. The van der Waals surface area contributed by atoms with Crippen LogP contribution < -0.4 is 14.8 Å². The first kappa shape index (κ1) is 16.4. The van der Waals surface area contributed by atoms with Crippen molar-refractivity contribution in [2.75, 3.05) is 20.1 Å². The van der Waals surface area contributed by atoms with Gasteiger partial charge in [0, 0.05) is 20.1 Å². The number of benzene rings is 1. The summed E-state index contributed by atoms with van der Waals surface area (Å²) in [5.41, 5.74) is 0. The smallest absolute Gasteiger partial charge is 0.240 e. The number of hydrogen-bond acceptors (Lipinski definition) is 6. The van der Waals surface area contributed by atoms with Crippen LogP contribution in [0.1, 0.15) is 5.82 Å². The van der Waals surface area contributed by atoms with Gasteiger partial charge in [0.2, 0.25) is 10.0 Å². The van der Waals surface area contributed by atoms with E-state index in [2.05, 4.69) is 20.1 Å². The Bertz CT molecular complexity index is 697. The highest BCUT2D eigenvalue weighted by Crippen LogP contribution is 2.16. The summed E-state index contributed by atoms with van der Waals surface area (Å²) in [7, 11) is 0.0513. The molecule has 1 aromatic heterocycles. The molecule has 0 bridgehead atoms. The van der Waals surface area contributed by atoms with Crippen LogP contribution in [0.5, 0.6) is 5.75 Å². The Hall–Kier alpha value is -1.97. The fourth-order valence-corrected chi connectivity index (χ4v) is 2.74. The quantitative estimate of drug-likeness (QED) is 0.657. The fourth-order valence-electron chi connectivity index (χ4n) is 1.71. The van der Waals surface area contributed by atoms with E-state index in [1.807, 2.05) is 0 Å². The van der Waals surface area contributed by atoms with Gasteiger partial charge in [-0.2, -0.15) is 5.10 Å². The molecule has 120 valence electrons. The molecule has 1 heterocycles. The molecule has 0 saturated heterocycles. The Kier molecular flexibility index (Phi) is 5.47. The van der Waals surface area contributed by atoms with Gasteiger partial charge in [0.25, 0.3) is 0 Å². The summed E-state index contributed by atoms with van der Waals surface area (Å²) in [6.07, 6.45) is 1.45. The van der Waals surface area contributed by atoms with Crippen molar-refractivity contribution in [1.82, 2.24) is 24.8 Å². The topological polar surface area (TPSA) is 98.1 Å². The third kappa shape index (κ3) is 4.26. The lowest BCUT2D eigenvalue weighted by Gasteiger charge is -2.08. The van der Waals surface area contributed by atoms with Crippen molar-refractivity contribution in [2.45, 2.75) is 11.5 Å². The van der Waals surface area contributed by atoms with E-state index < -0.39 is 10.0 Å². The molecule has 0 spiro atoms. The average molecular weight is 325 g/mol. The predicted octanol–water partition coefficient (Wildman–Crippen LogP) is -0.108. The van der Waals surface area contributed by atoms with Crippen LogP contribution in [0.3, 0.4) is 0 Å². The number of rotatable bonds is 8. The van der Waals surface area contributed by atoms with Gasteiger partial charge in [-0.05, 0) is 31.3 Å². The summed E-state index contributed by atoms with van der Waals surface area (Å²) in [6.45, 7) is 1.17. The maximum Gasteiger partial charge on any atom is 0.240 e. The molecule has 0 aliphatic carbocycles. The number of hydrogen-bond donors (Lipinski definition) is 2. The first-order valence-corrected chi connectivity index (χ1v) is 8.21. The zero-order valence-electron chi connectivity index (χ0n) is 12.5. The number of aryl methyl sites for hydroxylation is 1. The standard InChI is InChI=1S/C13H19N5O3S/c1-14-7-8-17-22(19,20)12-5-3-11(4-6-12)21-9-13-15-10-16-18(13)2/h3-6,10,14,17H,7-9H2,1-2H3. The minimum absolute atomic E-state index is 0.203. The largest absolute Gasteiger partial charge is 0.486 e. The van der Waals surface area contributed by atoms with Crippen LogP contribution in [0.15, 0.2) is 35.5 Å². The van der Waals surface area contributed by atoms with Crippen molar-refractivity contribution < 1.29 is 13.2 Å². The molecule has 0 radical (unpaired) electrons. The first-order valence-electron chi connectivity index (χ1n) is 6.73. The monoisotopic (exact) mass is 325 g/mol. The van der Waals surface area contributed by atoms with Gasteiger partial charge in [0.05, 0.1) is 4.90 Å². The lowest BCUT2D eigenvalue weighted by molar-refractivity contribution is 0.289. The Labute approximate surface area is 129 Å². The second kappa shape index (κ2) is 7.34. The van der Waals surface area contributed by atoms with Crippen molar-refractivity contribution in [3.05, 3.63) is 36.4 Å². The third-order valence-corrected chi connectivity index (χ3v) is 4.45. The maximum absolute atomic E-state index is 12.0. The van der Waals surface area contributed by atoms with Crippen LogP contribution in [0.2, 0.25) is 0 Å². The van der Waals surface area contributed by atoms with Gasteiger partial charge in [-0.3, -0.25) is 4.68 Å². The molecule has 1 aromatic carbocycles. The molecule has 2 aromatic rings. The summed E-state index contributed by atoms with van der Waals surface area (Å²) >= 11 is 0. The summed E-state index contributed by atoms with van der Waals surface area (Å²) < 4.78 is 33.7. The fraction of sp³-hybridized carbons (Fsp3) is 0.385. The average Bonchev–Trinajstić information content (AvgIpc) is 2.91. The summed E-state index contributed by atoms with van der Waals surface area (Å²) in [4.78, 5) is 4.25. The van der Waals surface area contributed by atoms with Crippen LogP contribution >= 0.6 is 0 Å². The molecular weight excluding hydrogens is 306 g/mol. The Morgan fingerprint density at radius 2 is 1.95 bits per heavy atom. The summed E-state index contributed by atoms with van der Waals surface area (Å²) in [6, 6.07) is 6.24. The Balaban J connectivity index is 1.96. The second-order valence-corrected chi connectivity index (χ2v) is 6.33. The molecule has 9 heteroatoms. The van der Waals surface area contributed by atoms with Gasteiger partial charge in [0.1, 0.15) is 18.7 Å². The molecule has 0 saturated carbocycles. The van der Waals surface area contributed by atoms with Gasteiger partial charge < -0.3 is 10.1 Å². The Morgan fingerprint density at radius 3 is 2.55 bits per heavy atom. The van der Waals surface area contributed by atoms with E-state index in [0.29, 0.717) is 24.7 Å². The van der Waals surface area contributed by atoms with Crippen LogP contribution in [-0.4, -0.2) is 43.3 Å². The van der Waals surface area contributed by atoms with E-state index in [1.54, 1.807) is 30.9 Å².